The number of hydrogen-bond donors (Lipinski definition) is 1. The predicted octanol–water partition coefficient (Wildman–Crippen LogP) is 6.90. The lowest BCUT2D eigenvalue weighted by Gasteiger charge is -2.31. The summed E-state index contributed by atoms with van der Waals surface area (Å²) in [6, 6.07) is 26.8. The first-order chi connectivity index (χ1) is 19.6. The van der Waals surface area contributed by atoms with Crippen molar-refractivity contribution in [2.75, 3.05) is 11.9 Å². The number of benzene rings is 3. The van der Waals surface area contributed by atoms with Crippen LogP contribution >= 0.6 is 0 Å². The number of fused-ring (bicyclic) bond motifs is 3. The van der Waals surface area contributed by atoms with Crippen LogP contribution in [0.4, 0.5) is 14.9 Å². The first-order valence-corrected chi connectivity index (χ1v) is 13.5. The Labute approximate surface area is 232 Å². The zero-order valence-corrected chi connectivity index (χ0v) is 22.4. The van der Waals surface area contributed by atoms with E-state index in [9.17, 15) is 9.18 Å². The van der Waals surface area contributed by atoms with Gasteiger partial charge in [-0.2, -0.15) is 5.10 Å². The van der Waals surface area contributed by atoms with Crippen LogP contribution in [0.3, 0.4) is 0 Å². The fourth-order valence-corrected chi connectivity index (χ4v) is 5.41. The number of nitrogens with one attached hydrogen (secondary N) is 1. The molecule has 0 unspecified atom stereocenters. The number of halogens is 1. The molecule has 2 amide bonds. The molecule has 0 spiro atoms. The van der Waals surface area contributed by atoms with E-state index in [2.05, 4.69) is 16.8 Å². The van der Waals surface area contributed by atoms with E-state index in [0.717, 1.165) is 28.5 Å². The van der Waals surface area contributed by atoms with E-state index in [4.69, 9.17) is 9.84 Å². The van der Waals surface area contributed by atoms with Gasteiger partial charge in [0.1, 0.15) is 17.4 Å². The van der Waals surface area contributed by atoms with Gasteiger partial charge in [0.15, 0.2) is 0 Å². The normalized spacial score (nSPS) is 14.3. The number of aryl methyl sites for hydroxylation is 1. The van der Waals surface area contributed by atoms with Crippen LogP contribution in [0.25, 0.3) is 11.5 Å². The van der Waals surface area contributed by atoms with Gasteiger partial charge in [-0.25, -0.2) is 13.9 Å². The van der Waals surface area contributed by atoms with Crippen molar-refractivity contribution >= 4 is 11.7 Å². The van der Waals surface area contributed by atoms with Crippen LogP contribution in [0, 0.1) is 5.82 Å². The molecule has 6 rings (SSSR count). The number of carbonyl (C=O) groups is 1. The van der Waals surface area contributed by atoms with Gasteiger partial charge in [-0.1, -0.05) is 49.4 Å². The lowest BCUT2D eigenvalue weighted by Crippen LogP contribution is -2.38. The summed E-state index contributed by atoms with van der Waals surface area (Å²) in [7, 11) is 0. The average Bonchev–Trinajstić information content (AvgIpc) is 3.55. The molecule has 0 bridgehead atoms. The number of ether oxygens (including phenoxy) is 1. The molecule has 2 aromatic heterocycles. The highest BCUT2D eigenvalue weighted by atomic mass is 19.1. The number of para-hydroxylation sites is 3. The molecule has 202 valence electrons. The van der Waals surface area contributed by atoms with Crippen molar-refractivity contribution in [1.82, 2.24) is 19.2 Å². The van der Waals surface area contributed by atoms with Crippen molar-refractivity contribution in [3.05, 3.63) is 126 Å². The molecule has 1 N–H and O–H groups in total. The van der Waals surface area contributed by atoms with E-state index >= 15 is 0 Å². The Hall–Kier alpha value is -4.85. The van der Waals surface area contributed by atoms with Gasteiger partial charge in [-0.3, -0.25) is 0 Å². The molecule has 7 nitrogen and oxygen atoms in total. The number of urea groups is 1. The van der Waals surface area contributed by atoms with Crippen LogP contribution in [0.5, 0.6) is 5.75 Å². The van der Waals surface area contributed by atoms with Gasteiger partial charge in [-0.15, -0.1) is 0 Å². The largest absolute Gasteiger partial charge is 0.492 e. The van der Waals surface area contributed by atoms with Gasteiger partial charge < -0.3 is 19.5 Å². The van der Waals surface area contributed by atoms with Gasteiger partial charge in [0, 0.05) is 11.8 Å². The topological polar surface area (TPSA) is 64.3 Å². The standard InChI is InChI=1S/C32H30FN5O2/c1-3-26-25-21-37(32(39)34-27-16-8-9-18-29(27)40-4-2)30(22-12-10-13-23(33)20-22)28-17-11-19-36(28)31(25)38(35-26)24-14-6-5-7-15-24/h5-20,30H,3-4,21H2,1-2H3,(H,34,39)/t30-/m0/s1. The summed E-state index contributed by atoms with van der Waals surface area (Å²) in [4.78, 5) is 15.9. The quantitative estimate of drug-likeness (QED) is 0.257. The Balaban J connectivity index is 1.54. The fourth-order valence-electron chi connectivity index (χ4n) is 5.41. The van der Waals surface area contributed by atoms with Crippen molar-refractivity contribution in [1.29, 1.82) is 0 Å². The summed E-state index contributed by atoms with van der Waals surface area (Å²) in [5.74, 6) is 1.10. The summed E-state index contributed by atoms with van der Waals surface area (Å²) in [5.41, 5.74) is 4.83. The van der Waals surface area contributed by atoms with E-state index in [1.54, 1.807) is 11.0 Å². The maximum absolute atomic E-state index is 14.6. The monoisotopic (exact) mass is 535 g/mol. The molecule has 3 heterocycles. The molecule has 8 heteroatoms. The van der Waals surface area contributed by atoms with Crippen molar-refractivity contribution in [3.8, 4) is 17.3 Å². The van der Waals surface area contributed by atoms with Crippen LogP contribution in [0.2, 0.25) is 0 Å². The van der Waals surface area contributed by atoms with Gasteiger partial charge in [0.25, 0.3) is 0 Å². The number of carbonyl (C=O) groups excluding carboxylic acids is 1. The van der Waals surface area contributed by atoms with Gasteiger partial charge in [-0.05, 0) is 67.4 Å². The Kier molecular flexibility index (Phi) is 6.82. The Bertz CT molecular complexity index is 1660. The molecule has 1 aliphatic heterocycles. The summed E-state index contributed by atoms with van der Waals surface area (Å²) in [6.45, 7) is 4.71. The summed E-state index contributed by atoms with van der Waals surface area (Å²) in [6.07, 6.45) is 2.67. The molecule has 0 saturated carbocycles. The van der Waals surface area contributed by atoms with E-state index < -0.39 is 6.04 Å². The SMILES string of the molecule is CCOc1ccccc1NC(=O)N1Cc2c(CC)nn(-c3ccccc3)c2-n2cccc2[C@@H]1c1cccc(F)c1. The van der Waals surface area contributed by atoms with Gasteiger partial charge in [0.05, 0.1) is 42.0 Å². The van der Waals surface area contributed by atoms with Crippen LogP contribution in [-0.4, -0.2) is 31.9 Å². The zero-order valence-electron chi connectivity index (χ0n) is 22.4. The molecule has 40 heavy (non-hydrogen) atoms. The maximum Gasteiger partial charge on any atom is 0.323 e. The molecule has 1 aliphatic rings. The third-order valence-electron chi connectivity index (χ3n) is 7.16. The second-order valence-corrected chi connectivity index (χ2v) is 9.60. The van der Waals surface area contributed by atoms with Gasteiger partial charge >= 0.3 is 6.03 Å². The van der Waals surface area contributed by atoms with Crippen LogP contribution in [0.15, 0.2) is 97.2 Å². The summed E-state index contributed by atoms with van der Waals surface area (Å²) in [5, 5.41) is 8.06. The number of hydrogen-bond acceptors (Lipinski definition) is 3. The Morgan fingerprint density at radius 2 is 1.80 bits per heavy atom. The van der Waals surface area contributed by atoms with Crippen molar-refractivity contribution in [2.24, 2.45) is 0 Å². The number of aromatic nitrogens is 3. The van der Waals surface area contributed by atoms with E-state index in [0.29, 0.717) is 30.0 Å². The number of rotatable bonds is 6. The molecular weight excluding hydrogens is 505 g/mol. The van der Waals surface area contributed by atoms with Crippen molar-refractivity contribution in [3.63, 3.8) is 0 Å². The highest BCUT2D eigenvalue weighted by Gasteiger charge is 2.36. The third-order valence-corrected chi connectivity index (χ3v) is 7.16. The Morgan fingerprint density at radius 1 is 1.00 bits per heavy atom. The first-order valence-electron chi connectivity index (χ1n) is 13.5. The fraction of sp³-hybridized carbons (Fsp3) is 0.188. The lowest BCUT2D eigenvalue weighted by molar-refractivity contribution is 0.194. The van der Waals surface area contributed by atoms with E-state index in [1.165, 1.54) is 12.1 Å². The smallest absolute Gasteiger partial charge is 0.323 e. The summed E-state index contributed by atoms with van der Waals surface area (Å²) < 4.78 is 24.4. The van der Waals surface area contributed by atoms with E-state index in [1.807, 2.05) is 90.6 Å². The first kappa shape index (κ1) is 25.4. The zero-order chi connectivity index (χ0) is 27.6. The molecule has 3 aromatic carbocycles. The number of nitrogens with zero attached hydrogens (tertiary/aromatic N) is 4. The van der Waals surface area contributed by atoms with Crippen LogP contribution in [0.1, 0.15) is 42.4 Å². The average molecular weight is 536 g/mol. The second-order valence-electron chi connectivity index (χ2n) is 9.60. The minimum atomic E-state index is -0.564. The molecule has 5 aromatic rings. The number of anilines is 1. The highest BCUT2D eigenvalue weighted by molar-refractivity contribution is 5.91. The molecule has 0 radical (unpaired) electrons. The summed E-state index contributed by atoms with van der Waals surface area (Å²) >= 11 is 0. The molecule has 0 fully saturated rings. The number of amides is 2. The minimum absolute atomic E-state index is 0.275. The van der Waals surface area contributed by atoms with Crippen molar-refractivity contribution in [2.45, 2.75) is 32.9 Å². The minimum Gasteiger partial charge on any atom is -0.492 e. The van der Waals surface area contributed by atoms with Crippen LogP contribution in [-0.2, 0) is 13.0 Å². The second kappa shape index (κ2) is 10.7. The van der Waals surface area contributed by atoms with Crippen molar-refractivity contribution < 1.29 is 13.9 Å². The lowest BCUT2D eigenvalue weighted by atomic mass is 10.0. The predicted molar refractivity (Wildman–Crippen MR) is 153 cm³/mol. The Morgan fingerprint density at radius 3 is 2.58 bits per heavy atom. The molecule has 1 atom stereocenters. The highest BCUT2D eigenvalue weighted by Crippen LogP contribution is 2.39. The molecule has 0 aliphatic carbocycles. The van der Waals surface area contributed by atoms with Gasteiger partial charge in [0.2, 0.25) is 0 Å². The third kappa shape index (κ3) is 4.51. The van der Waals surface area contributed by atoms with E-state index in [-0.39, 0.29) is 18.4 Å². The maximum atomic E-state index is 14.6. The van der Waals surface area contributed by atoms with Crippen LogP contribution < -0.4 is 10.1 Å². The molecule has 0 saturated heterocycles. The molecular formula is C32H30FN5O2.